The molecule has 0 aromatic rings. The van der Waals surface area contributed by atoms with E-state index in [0.29, 0.717) is 0 Å². The van der Waals surface area contributed by atoms with Gasteiger partial charge in [-0.1, -0.05) is 13.8 Å². The Kier molecular flexibility index (Phi) is 4.98. The van der Waals surface area contributed by atoms with Crippen LogP contribution in [0, 0.1) is 11.8 Å². The van der Waals surface area contributed by atoms with Crippen LogP contribution in [0.4, 0.5) is 0 Å². The molecular formula is C17H33N3. The molecule has 0 spiro atoms. The maximum absolute atomic E-state index is 5.07. The van der Waals surface area contributed by atoms with Crippen molar-refractivity contribution in [3.8, 4) is 0 Å². The molecule has 2 aliphatic rings. The van der Waals surface area contributed by atoms with E-state index in [-0.39, 0.29) is 5.54 Å². The zero-order valence-electron chi connectivity index (χ0n) is 14.2. The van der Waals surface area contributed by atoms with E-state index in [9.17, 15) is 0 Å². The lowest BCUT2D eigenvalue weighted by atomic mass is 9.98. The summed E-state index contributed by atoms with van der Waals surface area (Å²) in [4.78, 5) is 10.2. The van der Waals surface area contributed by atoms with Crippen LogP contribution < -0.4 is 0 Å². The van der Waals surface area contributed by atoms with E-state index in [1.807, 2.05) is 0 Å². The van der Waals surface area contributed by atoms with Crippen molar-refractivity contribution in [3.05, 3.63) is 0 Å². The van der Waals surface area contributed by atoms with E-state index in [1.54, 1.807) is 0 Å². The third kappa shape index (κ3) is 4.39. The molecule has 2 saturated heterocycles. The first-order valence-corrected chi connectivity index (χ1v) is 8.45. The molecular weight excluding hydrogens is 246 g/mol. The summed E-state index contributed by atoms with van der Waals surface area (Å²) < 4.78 is 0. The van der Waals surface area contributed by atoms with Gasteiger partial charge in [0.1, 0.15) is 0 Å². The Morgan fingerprint density at radius 3 is 1.45 bits per heavy atom. The number of guanidine groups is 1. The van der Waals surface area contributed by atoms with Gasteiger partial charge in [0.25, 0.3) is 0 Å². The van der Waals surface area contributed by atoms with Crippen molar-refractivity contribution in [2.24, 2.45) is 16.8 Å². The molecule has 2 aliphatic heterocycles. The second-order valence-corrected chi connectivity index (χ2v) is 7.92. The summed E-state index contributed by atoms with van der Waals surface area (Å²) in [5.74, 6) is 3.03. The van der Waals surface area contributed by atoms with Crippen LogP contribution in [0.25, 0.3) is 0 Å². The average Bonchev–Trinajstić information content (AvgIpc) is 2.37. The number of rotatable bonds is 0. The fourth-order valence-corrected chi connectivity index (χ4v) is 3.06. The molecule has 0 aromatic heterocycles. The highest BCUT2D eigenvalue weighted by Crippen LogP contribution is 2.23. The molecule has 20 heavy (non-hydrogen) atoms. The second-order valence-electron chi connectivity index (χ2n) is 7.92. The van der Waals surface area contributed by atoms with Crippen LogP contribution >= 0.6 is 0 Å². The molecule has 0 saturated carbocycles. The largest absolute Gasteiger partial charge is 0.343 e. The minimum Gasteiger partial charge on any atom is -0.343 e. The summed E-state index contributed by atoms with van der Waals surface area (Å²) in [5, 5.41) is 0. The Labute approximate surface area is 125 Å². The van der Waals surface area contributed by atoms with Crippen molar-refractivity contribution in [1.29, 1.82) is 0 Å². The second kappa shape index (κ2) is 6.36. The van der Waals surface area contributed by atoms with E-state index < -0.39 is 0 Å². The van der Waals surface area contributed by atoms with E-state index in [4.69, 9.17) is 4.99 Å². The van der Waals surface area contributed by atoms with Gasteiger partial charge in [-0.2, -0.15) is 0 Å². The lowest BCUT2D eigenvalue weighted by Crippen LogP contribution is -2.50. The quantitative estimate of drug-likeness (QED) is 0.498. The van der Waals surface area contributed by atoms with Gasteiger partial charge in [0.05, 0.1) is 5.54 Å². The van der Waals surface area contributed by atoms with Crippen LogP contribution in [-0.4, -0.2) is 47.5 Å². The maximum Gasteiger partial charge on any atom is 0.197 e. The third-order valence-electron chi connectivity index (χ3n) is 4.57. The predicted molar refractivity (Wildman–Crippen MR) is 87.1 cm³/mol. The molecule has 0 aliphatic carbocycles. The highest BCUT2D eigenvalue weighted by atomic mass is 15.4. The minimum atomic E-state index is 0.0153. The number of piperidine rings is 2. The number of nitrogens with zero attached hydrogens (tertiary/aromatic N) is 3. The lowest BCUT2D eigenvalue weighted by molar-refractivity contribution is 0.210. The molecule has 0 N–H and O–H groups in total. The molecule has 0 unspecified atom stereocenters. The molecule has 2 fully saturated rings. The molecule has 0 radical (unpaired) electrons. The summed E-state index contributed by atoms with van der Waals surface area (Å²) in [6.45, 7) is 16.1. The zero-order chi connectivity index (χ0) is 14.8. The van der Waals surface area contributed by atoms with Crippen LogP contribution in [-0.2, 0) is 0 Å². The number of hydrogen-bond acceptors (Lipinski definition) is 1. The van der Waals surface area contributed by atoms with Gasteiger partial charge < -0.3 is 9.80 Å². The Bertz CT molecular complexity index is 303. The SMILES string of the molecule is CC1CCN(C(=NC(C)(C)C)N2CCC(C)CC2)CC1. The first-order chi connectivity index (χ1) is 9.35. The summed E-state index contributed by atoms with van der Waals surface area (Å²) >= 11 is 0. The Morgan fingerprint density at radius 2 is 1.15 bits per heavy atom. The molecule has 0 bridgehead atoms. The van der Waals surface area contributed by atoms with Gasteiger partial charge in [0, 0.05) is 26.2 Å². The summed E-state index contributed by atoms with van der Waals surface area (Å²) in [6.07, 6.45) is 5.25. The first kappa shape index (κ1) is 15.7. The normalized spacial score (nSPS) is 23.1. The zero-order valence-corrected chi connectivity index (χ0v) is 14.2. The standard InChI is InChI=1S/C17H33N3/c1-14-6-10-19(11-7-14)16(18-17(3,4)5)20-12-8-15(2)9-13-20/h14-15H,6-13H2,1-5H3. The molecule has 116 valence electrons. The molecule has 0 aromatic carbocycles. The maximum atomic E-state index is 5.07. The van der Waals surface area contributed by atoms with E-state index >= 15 is 0 Å². The van der Waals surface area contributed by atoms with Gasteiger partial charge in [-0.05, 0) is 58.3 Å². The third-order valence-corrected chi connectivity index (χ3v) is 4.57. The first-order valence-electron chi connectivity index (χ1n) is 8.45. The molecule has 0 amide bonds. The number of likely N-dealkylation sites (tertiary alicyclic amines) is 2. The monoisotopic (exact) mass is 279 g/mol. The minimum absolute atomic E-state index is 0.0153. The summed E-state index contributed by atoms with van der Waals surface area (Å²) in [6, 6.07) is 0. The topological polar surface area (TPSA) is 18.8 Å². The van der Waals surface area contributed by atoms with Crippen LogP contribution in [0.5, 0.6) is 0 Å². The van der Waals surface area contributed by atoms with Crippen LogP contribution in [0.1, 0.15) is 60.3 Å². The van der Waals surface area contributed by atoms with E-state index in [2.05, 4.69) is 44.4 Å². The van der Waals surface area contributed by atoms with Gasteiger partial charge in [-0.3, -0.25) is 0 Å². The summed E-state index contributed by atoms with van der Waals surface area (Å²) in [7, 11) is 0. The highest BCUT2D eigenvalue weighted by molar-refractivity contribution is 5.80. The fraction of sp³-hybridized carbons (Fsp3) is 0.941. The van der Waals surface area contributed by atoms with Gasteiger partial charge in [-0.15, -0.1) is 0 Å². The van der Waals surface area contributed by atoms with Crippen molar-refractivity contribution in [2.45, 2.75) is 65.8 Å². The van der Waals surface area contributed by atoms with Crippen LogP contribution in [0.3, 0.4) is 0 Å². The number of aliphatic imine (C=N–C) groups is 1. The van der Waals surface area contributed by atoms with Gasteiger partial charge >= 0.3 is 0 Å². The Morgan fingerprint density at radius 1 is 0.800 bits per heavy atom. The summed E-state index contributed by atoms with van der Waals surface area (Å²) in [5.41, 5.74) is 0.0153. The van der Waals surface area contributed by atoms with E-state index in [0.717, 1.165) is 11.8 Å². The smallest absolute Gasteiger partial charge is 0.197 e. The van der Waals surface area contributed by atoms with Crippen molar-refractivity contribution < 1.29 is 0 Å². The predicted octanol–water partition coefficient (Wildman–Crippen LogP) is 3.60. The average molecular weight is 279 g/mol. The number of hydrogen-bond donors (Lipinski definition) is 0. The Balaban J connectivity index is 2.11. The van der Waals surface area contributed by atoms with E-state index in [1.165, 1.54) is 57.8 Å². The molecule has 2 heterocycles. The van der Waals surface area contributed by atoms with Crippen LogP contribution in [0.15, 0.2) is 4.99 Å². The molecule has 3 nitrogen and oxygen atoms in total. The van der Waals surface area contributed by atoms with Gasteiger partial charge in [0.15, 0.2) is 5.96 Å². The fourth-order valence-electron chi connectivity index (χ4n) is 3.06. The van der Waals surface area contributed by atoms with Crippen molar-refractivity contribution in [2.75, 3.05) is 26.2 Å². The highest BCUT2D eigenvalue weighted by Gasteiger charge is 2.27. The van der Waals surface area contributed by atoms with Crippen molar-refractivity contribution in [3.63, 3.8) is 0 Å². The van der Waals surface area contributed by atoms with Crippen LogP contribution in [0.2, 0.25) is 0 Å². The van der Waals surface area contributed by atoms with Crippen molar-refractivity contribution in [1.82, 2.24) is 9.80 Å². The molecule has 0 atom stereocenters. The molecule has 3 heteroatoms. The lowest BCUT2D eigenvalue weighted by Gasteiger charge is -2.41. The molecule has 2 rings (SSSR count). The van der Waals surface area contributed by atoms with Gasteiger partial charge in [-0.25, -0.2) is 4.99 Å². The van der Waals surface area contributed by atoms with Crippen molar-refractivity contribution >= 4 is 5.96 Å². The Hall–Kier alpha value is -0.730. The van der Waals surface area contributed by atoms with Gasteiger partial charge in [0.2, 0.25) is 0 Å².